The van der Waals surface area contributed by atoms with Gasteiger partial charge in [-0.15, -0.1) is 11.3 Å². The summed E-state index contributed by atoms with van der Waals surface area (Å²) in [5, 5.41) is 0. The summed E-state index contributed by atoms with van der Waals surface area (Å²) in [7, 11) is 0. The summed E-state index contributed by atoms with van der Waals surface area (Å²) in [5.74, 6) is 0.601. The monoisotopic (exact) mass is 335 g/mol. The summed E-state index contributed by atoms with van der Waals surface area (Å²) in [5.41, 5.74) is 8.43. The Morgan fingerprint density at radius 2 is 2.11 bits per heavy atom. The Bertz CT molecular complexity index is 635. The molecule has 0 fully saturated rings. The molecule has 0 saturated carbocycles. The van der Waals surface area contributed by atoms with Gasteiger partial charge in [0.25, 0.3) is 0 Å². The normalized spacial score (nSPS) is 18.7. The van der Waals surface area contributed by atoms with Crippen LogP contribution in [0.25, 0.3) is 0 Å². The van der Waals surface area contributed by atoms with Gasteiger partial charge in [0.15, 0.2) is 5.96 Å². The molecule has 5 heteroatoms. The molecule has 1 aromatic heterocycles. The molecular weight excluding hydrogens is 322 g/mol. The fraction of sp³-hybridized carbons (Fsp3) is 0.214. The number of thiophene rings is 1. The quantitative estimate of drug-likeness (QED) is 0.909. The topological polar surface area (TPSA) is 41.6 Å². The van der Waals surface area contributed by atoms with Gasteiger partial charge >= 0.3 is 0 Å². The van der Waals surface area contributed by atoms with E-state index < -0.39 is 0 Å². The van der Waals surface area contributed by atoms with Crippen molar-refractivity contribution in [2.75, 3.05) is 11.4 Å². The van der Waals surface area contributed by atoms with Crippen molar-refractivity contribution in [1.82, 2.24) is 0 Å². The Balaban J connectivity index is 2.02. The molecule has 0 spiro atoms. The van der Waals surface area contributed by atoms with Crippen LogP contribution in [0, 0.1) is 6.92 Å². The molecule has 0 bridgehead atoms. The van der Waals surface area contributed by atoms with Crippen molar-refractivity contribution in [2.45, 2.75) is 13.0 Å². The first-order valence-corrected chi connectivity index (χ1v) is 7.68. The van der Waals surface area contributed by atoms with Crippen molar-refractivity contribution in [3.8, 4) is 0 Å². The molecule has 1 aliphatic heterocycles. The Kier molecular flexibility index (Phi) is 3.33. The van der Waals surface area contributed by atoms with Crippen molar-refractivity contribution in [3.05, 3.63) is 50.6 Å². The number of aliphatic imine (C=N–C) groups is 1. The molecule has 3 rings (SSSR count). The highest BCUT2D eigenvalue weighted by Gasteiger charge is 2.30. The number of nitrogens with two attached hydrogens (primary N) is 1. The van der Waals surface area contributed by atoms with Gasteiger partial charge in [-0.25, -0.2) is 0 Å². The molecule has 2 heterocycles. The summed E-state index contributed by atoms with van der Waals surface area (Å²) >= 11 is 5.25. The number of anilines is 1. The Morgan fingerprint density at radius 1 is 1.32 bits per heavy atom. The van der Waals surface area contributed by atoms with Crippen LogP contribution < -0.4 is 10.6 Å². The van der Waals surface area contributed by atoms with E-state index in [-0.39, 0.29) is 6.04 Å². The van der Waals surface area contributed by atoms with Crippen LogP contribution >= 0.6 is 27.3 Å². The lowest BCUT2D eigenvalue weighted by Gasteiger charge is -2.27. The second-order valence-electron chi connectivity index (χ2n) is 4.51. The number of hydrogen-bond donors (Lipinski definition) is 1. The maximum atomic E-state index is 6.08. The van der Waals surface area contributed by atoms with Gasteiger partial charge in [0.05, 0.1) is 16.4 Å². The fourth-order valence-electron chi connectivity index (χ4n) is 2.35. The minimum atomic E-state index is 0.206. The molecular formula is C14H14BrN3S. The molecule has 1 aliphatic rings. The SMILES string of the molecule is Cc1ccccc1N1C(N)=NCC1c1ccc(Br)s1. The van der Waals surface area contributed by atoms with E-state index in [1.54, 1.807) is 11.3 Å². The van der Waals surface area contributed by atoms with E-state index in [1.165, 1.54) is 10.4 Å². The Morgan fingerprint density at radius 3 is 2.79 bits per heavy atom. The standard InChI is InChI=1S/C14H14BrN3S/c1-9-4-2-3-5-10(9)18-11(8-17-14(18)16)12-6-7-13(15)19-12/h2-7,11H,8H2,1H3,(H2,16,17). The maximum absolute atomic E-state index is 6.08. The van der Waals surface area contributed by atoms with Crippen molar-refractivity contribution >= 4 is 38.9 Å². The van der Waals surface area contributed by atoms with E-state index in [4.69, 9.17) is 5.73 Å². The zero-order chi connectivity index (χ0) is 13.4. The predicted octanol–water partition coefficient (Wildman–Crippen LogP) is 3.70. The molecule has 3 nitrogen and oxygen atoms in total. The number of aryl methyl sites for hydroxylation is 1. The van der Waals surface area contributed by atoms with E-state index in [0.717, 1.165) is 9.47 Å². The van der Waals surface area contributed by atoms with E-state index in [1.807, 2.05) is 12.1 Å². The maximum Gasteiger partial charge on any atom is 0.196 e. The third kappa shape index (κ3) is 2.28. The van der Waals surface area contributed by atoms with E-state index >= 15 is 0 Å². The minimum Gasteiger partial charge on any atom is -0.369 e. The van der Waals surface area contributed by atoms with Crippen LogP contribution in [0.3, 0.4) is 0 Å². The zero-order valence-corrected chi connectivity index (χ0v) is 12.9. The highest BCUT2D eigenvalue weighted by molar-refractivity contribution is 9.11. The average molecular weight is 336 g/mol. The van der Waals surface area contributed by atoms with Crippen LogP contribution in [-0.2, 0) is 0 Å². The Hall–Kier alpha value is -1.33. The van der Waals surface area contributed by atoms with Gasteiger partial charge in [-0.2, -0.15) is 0 Å². The molecule has 19 heavy (non-hydrogen) atoms. The van der Waals surface area contributed by atoms with Crippen molar-refractivity contribution < 1.29 is 0 Å². The van der Waals surface area contributed by atoms with Gasteiger partial charge in [0, 0.05) is 10.6 Å². The molecule has 98 valence electrons. The van der Waals surface area contributed by atoms with Gasteiger partial charge < -0.3 is 10.6 Å². The highest BCUT2D eigenvalue weighted by Crippen LogP contribution is 2.37. The van der Waals surface area contributed by atoms with Gasteiger partial charge in [0.2, 0.25) is 0 Å². The van der Waals surface area contributed by atoms with Gasteiger partial charge in [-0.1, -0.05) is 18.2 Å². The summed E-state index contributed by atoms with van der Waals surface area (Å²) < 4.78 is 1.14. The first-order valence-electron chi connectivity index (χ1n) is 6.07. The Labute approximate surface area is 124 Å². The molecule has 2 aromatic rings. The summed E-state index contributed by atoms with van der Waals surface area (Å²) in [6.07, 6.45) is 0. The average Bonchev–Trinajstić information content (AvgIpc) is 2.96. The highest BCUT2D eigenvalue weighted by atomic mass is 79.9. The second kappa shape index (κ2) is 4.98. The predicted molar refractivity (Wildman–Crippen MR) is 84.9 cm³/mol. The van der Waals surface area contributed by atoms with E-state index in [0.29, 0.717) is 12.5 Å². The number of halogens is 1. The third-order valence-electron chi connectivity index (χ3n) is 3.28. The molecule has 0 amide bonds. The molecule has 0 radical (unpaired) electrons. The molecule has 2 N–H and O–H groups in total. The van der Waals surface area contributed by atoms with Crippen LogP contribution in [0.15, 0.2) is 45.2 Å². The van der Waals surface area contributed by atoms with Gasteiger partial charge in [0.1, 0.15) is 0 Å². The number of hydrogen-bond acceptors (Lipinski definition) is 4. The lowest BCUT2D eigenvalue weighted by Crippen LogP contribution is -2.36. The lowest BCUT2D eigenvalue weighted by atomic mass is 10.1. The van der Waals surface area contributed by atoms with Crippen LogP contribution in [0.5, 0.6) is 0 Å². The van der Waals surface area contributed by atoms with Crippen LogP contribution in [-0.4, -0.2) is 12.5 Å². The summed E-state index contributed by atoms with van der Waals surface area (Å²) in [6, 6.07) is 12.7. The van der Waals surface area contributed by atoms with Gasteiger partial charge in [-0.3, -0.25) is 4.99 Å². The van der Waals surface area contributed by atoms with E-state index in [2.05, 4.69) is 57.0 Å². The summed E-state index contributed by atoms with van der Waals surface area (Å²) in [6.45, 7) is 2.81. The van der Waals surface area contributed by atoms with Crippen LogP contribution in [0.1, 0.15) is 16.5 Å². The largest absolute Gasteiger partial charge is 0.369 e. The zero-order valence-electron chi connectivity index (χ0n) is 10.5. The molecule has 0 aliphatic carbocycles. The van der Waals surface area contributed by atoms with Crippen molar-refractivity contribution in [1.29, 1.82) is 0 Å². The van der Waals surface area contributed by atoms with Crippen LogP contribution in [0.2, 0.25) is 0 Å². The number of guanidine groups is 1. The third-order valence-corrected chi connectivity index (χ3v) is 5.01. The van der Waals surface area contributed by atoms with E-state index in [9.17, 15) is 0 Å². The molecule has 0 saturated heterocycles. The van der Waals surface area contributed by atoms with Crippen LogP contribution in [0.4, 0.5) is 5.69 Å². The minimum absolute atomic E-state index is 0.206. The lowest BCUT2D eigenvalue weighted by molar-refractivity contribution is 0.783. The molecule has 1 unspecified atom stereocenters. The summed E-state index contributed by atoms with van der Waals surface area (Å²) in [4.78, 5) is 7.82. The second-order valence-corrected chi connectivity index (χ2v) is 7.01. The number of benzene rings is 1. The van der Waals surface area contributed by atoms with Crippen molar-refractivity contribution in [3.63, 3.8) is 0 Å². The van der Waals surface area contributed by atoms with Crippen molar-refractivity contribution in [2.24, 2.45) is 10.7 Å². The first-order chi connectivity index (χ1) is 9.16. The number of nitrogens with zero attached hydrogens (tertiary/aromatic N) is 2. The smallest absolute Gasteiger partial charge is 0.196 e. The molecule has 1 aromatic carbocycles. The van der Waals surface area contributed by atoms with Gasteiger partial charge in [-0.05, 0) is 46.6 Å². The fourth-order valence-corrected chi connectivity index (χ4v) is 3.85. The first kappa shape index (κ1) is 12.7. The molecule has 1 atom stereocenters. The number of rotatable bonds is 2. The number of para-hydroxylation sites is 1.